The highest BCUT2D eigenvalue weighted by Crippen LogP contribution is 2.18. The zero-order chi connectivity index (χ0) is 29.4. The monoisotopic (exact) mass is 557 g/mol. The SMILES string of the molecule is CC(O)C(NC(=O)C(CC(=O)O)NC(=O)C(Cc1cnc[nH]1)NC(=O)C(N)Cc1c[nH]c2ccccc12)C(=O)O. The molecule has 0 aliphatic rings. The van der Waals surface area contributed by atoms with Crippen molar-refractivity contribution in [1.29, 1.82) is 0 Å². The maximum atomic E-state index is 13.2. The van der Waals surface area contributed by atoms with Gasteiger partial charge < -0.3 is 47.0 Å². The topological polar surface area (TPSA) is 253 Å². The predicted molar refractivity (Wildman–Crippen MR) is 140 cm³/mol. The smallest absolute Gasteiger partial charge is 0.328 e. The van der Waals surface area contributed by atoms with Crippen molar-refractivity contribution in [3.63, 3.8) is 0 Å². The van der Waals surface area contributed by atoms with Crippen molar-refractivity contribution in [2.45, 2.75) is 56.5 Å². The number of fused-ring (bicyclic) bond motifs is 1. The highest BCUT2D eigenvalue weighted by atomic mass is 16.4. The molecule has 1 aromatic carbocycles. The normalized spacial score (nSPS) is 14.9. The van der Waals surface area contributed by atoms with E-state index in [0.29, 0.717) is 5.69 Å². The van der Waals surface area contributed by atoms with Crippen LogP contribution in [0.4, 0.5) is 0 Å². The molecule has 0 spiro atoms. The number of hydrogen-bond acceptors (Lipinski definition) is 8. The first-order valence-corrected chi connectivity index (χ1v) is 12.3. The van der Waals surface area contributed by atoms with Crippen molar-refractivity contribution in [3.05, 3.63) is 54.2 Å². The fraction of sp³-hybridized carbons (Fsp3) is 0.360. The number of rotatable bonds is 14. The van der Waals surface area contributed by atoms with Crippen LogP contribution in [0.15, 0.2) is 43.0 Å². The summed E-state index contributed by atoms with van der Waals surface area (Å²) in [5, 5.41) is 35.8. The number of hydrogen-bond donors (Lipinski definition) is 9. The van der Waals surface area contributed by atoms with Gasteiger partial charge in [-0.2, -0.15) is 0 Å². The van der Waals surface area contributed by atoms with E-state index in [1.54, 1.807) is 6.20 Å². The number of nitrogens with two attached hydrogens (primary N) is 1. The highest BCUT2D eigenvalue weighted by molar-refractivity contribution is 5.96. The molecular formula is C25H31N7O8. The van der Waals surface area contributed by atoms with Crippen LogP contribution in [0.2, 0.25) is 0 Å². The van der Waals surface area contributed by atoms with Crippen molar-refractivity contribution in [1.82, 2.24) is 30.9 Å². The van der Waals surface area contributed by atoms with Gasteiger partial charge in [-0.3, -0.25) is 19.2 Å². The molecule has 0 fully saturated rings. The molecule has 5 atom stereocenters. The molecule has 3 rings (SSSR count). The van der Waals surface area contributed by atoms with Crippen molar-refractivity contribution in [3.8, 4) is 0 Å². The lowest BCUT2D eigenvalue weighted by Crippen LogP contribution is -2.59. The van der Waals surface area contributed by atoms with Crippen LogP contribution in [0.1, 0.15) is 24.6 Å². The molecule has 0 saturated heterocycles. The molecule has 15 nitrogen and oxygen atoms in total. The second-order valence-corrected chi connectivity index (χ2v) is 9.24. The fourth-order valence-electron chi connectivity index (χ4n) is 4.03. The van der Waals surface area contributed by atoms with Gasteiger partial charge in [0.2, 0.25) is 17.7 Å². The number of carboxylic acids is 2. The molecule has 0 radical (unpaired) electrons. The Morgan fingerprint density at radius 1 is 0.950 bits per heavy atom. The van der Waals surface area contributed by atoms with Crippen LogP contribution < -0.4 is 21.7 Å². The fourth-order valence-corrected chi connectivity index (χ4v) is 4.03. The molecule has 0 saturated carbocycles. The van der Waals surface area contributed by atoms with Crippen LogP contribution in [0, 0.1) is 0 Å². The van der Waals surface area contributed by atoms with E-state index in [-0.39, 0.29) is 12.8 Å². The molecule has 0 aliphatic heterocycles. The first-order chi connectivity index (χ1) is 19.0. The first-order valence-electron chi connectivity index (χ1n) is 12.3. The summed E-state index contributed by atoms with van der Waals surface area (Å²) in [5.41, 5.74) is 8.25. The number of aromatic nitrogens is 3. The molecular weight excluding hydrogens is 526 g/mol. The zero-order valence-electron chi connectivity index (χ0n) is 21.5. The molecule has 2 aromatic heterocycles. The predicted octanol–water partition coefficient (Wildman–Crippen LogP) is -1.60. The van der Waals surface area contributed by atoms with E-state index in [0.717, 1.165) is 23.4 Å². The number of carboxylic acid groups (broad SMARTS) is 2. The number of benzene rings is 1. The average molecular weight is 558 g/mol. The minimum Gasteiger partial charge on any atom is -0.481 e. The average Bonchev–Trinajstić information content (AvgIpc) is 3.55. The van der Waals surface area contributed by atoms with E-state index in [9.17, 15) is 39.3 Å². The van der Waals surface area contributed by atoms with Gasteiger partial charge in [-0.05, 0) is 25.0 Å². The summed E-state index contributed by atoms with van der Waals surface area (Å²) in [5.74, 6) is -5.76. The van der Waals surface area contributed by atoms with E-state index in [4.69, 9.17) is 5.73 Å². The molecule has 5 unspecified atom stereocenters. The number of amides is 3. The molecule has 40 heavy (non-hydrogen) atoms. The van der Waals surface area contributed by atoms with Crippen LogP contribution in [0.3, 0.4) is 0 Å². The Labute approximate surface area is 227 Å². The number of aliphatic carboxylic acids is 2. The van der Waals surface area contributed by atoms with Crippen LogP contribution in [-0.4, -0.2) is 90.2 Å². The first kappa shape index (κ1) is 29.8. The third-order valence-electron chi connectivity index (χ3n) is 6.12. The summed E-state index contributed by atoms with van der Waals surface area (Å²) in [6, 6.07) is 1.63. The largest absolute Gasteiger partial charge is 0.481 e. The third kappa shape index (κ3) is 7.87. The van der Waals surface area contributed by atoms with Crippen molar-refractivity contribution >= 4 is 40.6 Å². The van der Waals surface area contributed by atoms with E-state index < -0.39 is 66.4 Å². The lowest BCUT2D eigenvalue weighted by Gasteiger charge is -2.25. The lowest BCUT2D eigenvalue weighted by molar-refractivity contribution is -0.146. The number of carbonyl (C=O) groups is 5. The number of aliphatic hydroxyl groups is 1. The molecule has 214 valence electrons. The van der Waals surface area contributed by atoms with Crippen molar-refractivity contribution in [2.75, 3.05) is 0 Å². The van der Waals surface area contributed by atoms with E-state index in [1.165, 1.54) is 12.5 Å². The molecule has 0 aliphatic carbocycles. The number of H-pyrrole nitrogens is 2. The zero-order valence-corrected chi connectivity index (χ0v) is 21.5. The highest BCUT2D eigenvalue weighted by Gasteiger charge is 2.33. The van der Waals surface area contributed by atoms with Gasteiger partial charge in [0.15, 0.2) is 6.04 Å². The summed E-state index contributed by atoms with van der Waals surface area (Å²) in [4.78, 5) is 71.4. The van der Waals surface area contributed by atoms with Crippen LogP contribution >= 0.6 is 0 Å². The van der Waals surface area contributed by atoms with Gasteiger partial charge in [0.05, 0.1) is 24.9 Å². The van der Waals surface area contributed by atoms with Crippen LogP contribution in [-0.2, 0) is 36.8 Å². The Hall–Kier alpha value is -4.76. The van der Waals surface area contributed by atoms with Gasteiger partial charge in [-0.15, -0.1) is 0 Å². The molecule has 3 amide bonds. The minimum absolute atomic E-state index is 0.107. The van der Waals surface area contributed by atoms with Gasteiger partial charge in [0.25, 0.3) is 0 Å². The Bertz CT molecular complexity index is 1350. The van der Waals surface area contributed by atoms with Gasteiger partial charge in [-0.25, -0.2) is 9.78 Å². The quantitative estimate of drug-likeness (QED) is 0.110. The lowest BCUT2D eigenvalue weighted by atomic mass is 10.0. The summed E-state index contributed by atoms with van der Waals surface area (Å²) < 4.78 is 0. The van der Waals surface area contributed by atoms with E-state index in [1.807, 2.05) is 29.6 Å². The van der Waals surface area contributed by atoms with E-state index >= 15 is 0 Å². The summed E-state index contributed by atoms with van der Waals surface area (Å²) in [6.07, 6.45) is 2.15. The second-order valence-electron chi connectivity index (χ2n) is 9.24. The second kappa shape index (κ2) is 13.3. The molecule has 15 heteroatoms. The summed E-state index contributed by atoms with van der Waals surface area (Å²) >= 11 is 0. The number of aliphatic hydroxyl groups excluding tert-OH is 1. The van der Waals surface area contributed by atoms with Crippen molar-refractivity contribution < 1.29 is 39.3 Å². The number of imidazole rings is 1. The van der Waals surface area contributed by atoms with Gasteiger partial charge >= 0.3 is 11.9 Å². The third-order valence-corrected chi connectivity index (χ3v) is 6.12. The molecule has 10 N–H and O–H groups in total. The maximum absolute atomic E-state index is 13.2. The number of carbonyl (C=O) groups excluding carboxylic acids is 3. The number of aromatic amines is 2. The Morgan fingerprint density at radius 2 is 1.62 bits per heavy atom. The summed E-state index contributed by atoms with van der Waals surface area (Å²) in [7, 11) is 0. The van der Waals surface area contributed by atoms with Crippen molar-refractivity contribution in [2.24, 2.45) is 5.73 Å². The van der Waals surface area contributed by atoms with Gasteiger partial charge in [0, 0.05) is 35.4 Å². The van der Waals surface area contributed by atoms with Crippen LogP contribution in [0.25, 0.3) is 10.9 Å². The Kier molecular flexibility index (Phi) is 9.94. The maximum Gasteiger partial charge on any atom is 0.328 e. The number of para-hydroxylation sites is 1. The van der Waals surface area contributed by atoms with Gasteiger partial charge in [0.1, 0.15) is 12.1 Å². The Balaban J connectivity index is 1.75. The molecule has 2 heterocycles. The molecule has 3 aromatic rings. The minimum atomic E-state index is -1.75. The van der Waals surface area contributed by atoms with Gasteiger partial charge in [-0.1, -0.05) is 18.2 Å². The summed E-state index contributed by atoms with van der Waals surface area (Å²) in [6.45, 7) is 1.12. The van der Waals surface area contributed by atoms with E-state index in [2.05, 4.69) is 25.6 Å². The standard InChI is InChI=1S/C25H31N7O8/c1-12(33)21(25(39)40)32-24(38)19(8-20(34)35)31-23(37)18(7-14-10-27-11-29-14)30-22(36)16(26)6-13-9-28-17-5-3-2-4-15(13)17/h2-5,9-12,16,18-19,21,28,33H,6-8,26H2,1H3,(H,27,29)(H,30,36)(H,31,37)(H,32,38)(H,34,35)(H,39,40). The Morgan fingerprint density at radius 3 is 2.25 bits per heavy atom. The number of nitrogens with one attached hydrogen (secondary N) is 5. The number of nitrogens with zero attached hydrogens (tertiary/aromatic N) is 1. The molecule has 0 bridgehead atoms. The van der Waals surface area contributed by atoms with Crippen LogP contribution in [0.5, 0.6) is 0 Å².